The molecule has 0 saturated heterocycles. The quantitative estimate of drug-likeness (QED) is 0.774. The van der Waals surface area contributed by atoms with Crippen molar-refractivity contribution in [3.8, 4) is 0 Å². The van der Waals surface area contributed by atoms with E-state index >= 15 is 0 Å². The molecule has 0 N–H and O–H groups in total. The second-order valence-electron chi connectivity index (χ2n) is 5.18. The van der Waals surface area contributed by atoms with Gasteiger partial charge in [-0.1, -0.05) is 11.6 Å². The van der Waals surface area contributed by atoms with Crippen LogP contribution in [0.25, 0.3) is 10.9 Å². The van der Waals surface area contributed by atoms with Gasteiger partial charge in [-0.25, -0.2) is 0 Å². The molecule has 0 spiro atoms. The molecule has 0 fully saturated rings. The zero-order valence-electron chi connectivity index (χ0n) is 11.4. The van der Waals surface area contributed by atoms with E-state index in [-0.39, 0.29) is 6.10 Å². The molecule has 0 amide bonds. The topological polar surface area (TPSA) is 14.2 Å². The highest BCUT2D eigenvalue weighted by molar-refractivity contribution is 6.31. The fourth-order valence-corrected chi connectivity index (χ4v) is 2.27. The summed E-state index contributed by atoms with van der Waals surface area (Å²) in [6.07, 6.45) is 2.41. The summed E-state index contributed by atoms with van der Waals surface area (Å²) in [5.74, 6) is 0. The predicted octanol–water partition coefficient (Wildman–Crippen LogP) is 4.80. The summed E-state index contributed by atoms with van der Waals surface area (Å²) in [5.41, 5.74) is 2.42. The maximum atomic E-state index is 6.09. The van der Waals surface area contributed by atoms with Crippen LogP contribution in [0, 0.1) is 0 Å². The number of aromatic nitrogens is 1. The summed E-state index contributed by atoms with van der Waals surface area (Å²) >= 11 is 6.09. The monoisotopic (exact) mass is 265 g/mol. The second-order valence-corrected chi connectivity index (χ2v) is 5.61. The van der Waals surface area contributed by atoms with Gasteiger partial charge in [-0.2, -0.15) is 0 Å². The van der Waals surface area contributed by atoms with Gasteiger partial charge >= 0.3 is 0 Å². The summed E-state index contributed by atoms with van der Waals surface area (Å²) in [6, 6.07) is 6.47. The zero-order valence-corrected chi connectivity index (χ0v) is 12.2. The SMILES string of the molecule is CC(C)OCc1cn(C(C)C)c2ccc(Cl)cc12. The molecule has 18 heavy (non-hydrogen) atoms. The van der Waals surface area contributed by atoms with E-state index in [9.17, 15) is 0 Å². The van der Waals surface area contributed by atoms with Crippen LogP contribution in [0.1, 0.15) is 39.3 Å². The summed E-state index contributed by atoms with van der Waals surface area (Å²) in [4.78, 5) is 0. The third kappa shape index (κ3) is 2.70. The predicted molar refractivity (Wildman–Crippen MR) is 77.3 cm³/mol. The van der Waals surface area contributed by atoms with Gasteiger partial charge in [0.25, 0.3) is 0 Å². The smallest absolute Gasteiger partial charge is 0.0741 e. The van der Waals surface area contributed by atoms with Crippen LogP contribution < -0.4 is 0 Å². The summed E-state index contributed by atoms with van der Waals surface area (Å²) < 4.78 is 7.98. The molecule has 0 atom stereocenters. The van der Waals surface area contributed by atoms with Gasteiger partial charge in [0, 0.05) is 33.7 Å². The first-order valence-electron chi connectivity index (χ1n) is 6.39. The van der Waals surface area contributed by atoms with Crippen molar-refractivity contribution < 1.29 is 4.74 Å². The summed E-state index contributed by atoms with van der Waals surface area (Å²) in [6.45, 7) is 9.10. The third-order valence-electron chi connectivity index (χ3n) is 3.01. The second kappa shape index (κ2) is 5.33. The number of fused-ring (bicyclic) bond motifs is 1. The zero-order chi connectivity index (χ0) is 13.3. The Hall–Kier alpha value is -0.990. The molecular weight excluding hydrogens is 246 g/mol. The van der Waals surface area contributed by atoms with E-state index in [0.717, 1.165) is 5.02 Å². The molecule has 3 heteroatoms. The molecule has 0 aliphatic rings. The van der Waals surface area contributed by atoms with E-state index in [1.54, 1.807) is 0 Å². The molecule has 98 valence electrons. The van der Waals surface area contributed by atoms with Crippen LogP contribution in [0.5, 0.6) is 0 Å². The van der Waals surface area contributed by atoms with Gasteiger partial charge < -0.3 is 9.30 Å². The van der Waals surface area contributed by atoms with E-state index in [1.165, 1.54) is 16.5 Å². The Morgan fingerprint density at radius 2 is 1.94 bits per heavy atom. The van der Waals surface area contributed by atoms with Crippen molar-refractivity contribution in [2.75, 3.05) is 0 Å². The first-order chi connectivity index (χ1) is 8.49. The van der Waals surface area contributed by atoms with Gasteiger partial charge in [-0.3, -0.25) is 0 Å². The lowest BCUT2D eigenvalue weighted by Crippen LogP contribution is -2.02. The van der Waals surface area contributed by atoms with Crippen molar-refractivity contribution in [3.63, 3.8) is 0 Å². The van der Waals surface area contributed by atoms with Crippen molar-refractivity contribution in [2.45, 2.75) is 46.4 Å². The van der Waals surface area contributed by atoms with Crippen molar-refractivity contribution in [1.29, 1.82) is 0 Å². The fourth-order valence-electron chi connectivity index (χ4n) is 2.10. The minimum Gasteiger partial charge on any atom is -0.374 e. The van der Waals surface area contributed by atoms with Crippen LogP contribution in [0.4, 0.5) is 0 Å². The number of rotatable bonds is 4. The number of hydrogen-bond donors (Lipinski definition) is 0. The average Bonchev–Trinajstić information content (AvgIpc) is 2.64. The minimum absolute atomic E-state index is 0.238. The highest BCUT2D eigenvalue weighted by atomic mass is 35.5. The first kappa shape index (κ1) is 13.4. The van der Waals surface area contributed by atoms with E-state index < -0.39 is 0 Å². The third-order valence-corrected chi connectivity index (χ3v) is 3.24. The molecule has 1 heterocycles. The van der Waals surface area contributed by atoms with Crippen LogP contribution in [0.3, 0.4) is 0 Å². The molecule has 0 saturated carbocycles. The molecule has 0 bridgehead atoms. The lowest BCUT2D eigenvalue weighted by Gasteiger charge is -2.08. The van der Waals surface area contributed by atoms with Crippen LogP contribution in [-0.4, -0.2) is 10.7 Å². The Labute approximate surface area is 114 Å². The van der Waals surface area contributed by atoms with E-state index in [1.807, 2.05) is 12.1 Å². The largest absolute Gasteiger partial charge is 0.374 e. The average molecular weight is 266 g/mol. The van der Waals surface area contributed by atoms with Gasteiger partial charge in [-0.05, 0) is 45.9 Å². The molecule has 0 aliphatic heterocycles. The van der Waals surface area contributed by atoms with Gasteiger partial charge in [0.2, 0.25) is 0 Å². The number of benzene rings is 1. The fraction of sp³-hybridized carbons (Fsp3) is 0.467. The molecule has 2 nitrogen and oxygen atoms in total. The van der Waals surface area contributed by atoms with Crippen LogP contribution >= 0.6 is 11.6 Å². The van der Waals surface area contributed by atoms with Gasteiger partial charge in [0.1, 0.15) is 0 Å². The molecule has 2 rings (SSSR count). The van der Waals surface area contributed by atoms with E-state index in [4.69, 9.17) is 16.3 Å². The number of hydrogen-bond acceptors (Lipinski definition) is 1. The maximum absolute atomic E-state index is 6.09. The number of halogens is 1. The van der Waals surface area contributed by atoms with Crippen molar-refractivity contribution >= 4 is 22.5 Å². The Kier molecular flexibility index (Phi) is 3.98. The highest BCUT2D eigenvalue weighted by Crippen LogP contribution is 2.28. The van der Waals surface area contributed by atoms with Crippen LogP contribution in [0.15, 0.2) is 24.4 Å². The number of nitrogens with zero attached hydrogens (tertiary/aromatic N) is 1. The molecular formula is C15H20ClNO. The van der Waals surface area contributed by atoms with E-state index in [2.05, 4.69) is 44.5 Å². The molecule has 0 radical (unpaired) electrons. The lowest BCUT2D eigenvalue weighted by atomic mass is 10.2. The van der Waals surface area contributed by atoms with Gasteiger partial charge in [0.15, 0.2) is 0 Å². The van der Waals surface area contributed by atoms with Gasteiger partial charge in [0.05, 0.1) is 12.7 Å². The standard InChI is InChI=1S/C15H20ClNO/c1-10(2)17-8-12(9-18-11(3)4)14-7-13(16)5-6-15(14)17/h5-8,10-11H,9H2,1-4H3. The Morgan fingerprint density at radius 1 is 1.22 bits per heavy atom. The normalized spacial score (nSPS) is 11.9. The summed E-state index contributed by atoms with van der Waals surface area (Å²) in [7, 11) is 0. The minimum atomic E-state index is 0.238. The molecule has 2 aromatic rings. The first-order valence-corrected chi connectivity index (χ1v) is 6.77. The Balaban J connectivity index is 2.48. The van der Waals surface area contributed by atoms with E-state index in [0.29, 0.717) is 12.6 Å². The molecule has 0 unspecified atom stereocenters. The lowest BCUT2D eigenvalue weighted by molar-refractivity contribution is 0.0663. The highest BCUT2D eigenvalue weighted by Gasteiger charge is 2.11. The molecule has 1 aromatic heterocycles. The van der Waals surface area contributed by atoms with Crippen molar-refractivity contribution in [3.05, 3.63) is 35.0 Å². The molecule has 0 aliphatic carbocycles. The Bertz CT molecular complexity index is 543. The van der Waals surface area contributed by atoms with Crippen molar-refractivity contribution in [2.24, 2.45) is 0 Å². The molecule has 1 aromatic carbocycles. The summed E-state index contributed by atoms with van der Waals surface area (Å²) in [5, 5.41) is 1.96. The van der Waals surface area contributed by atoms with Gasteiger partial charge in [-0.15, -0.1) is 0 Å². The van der Waals surface area contributed by atoms with Crippen LogP contribution in [-0.2, 0) is 11.3 Å². The number of ether oxygens (including phenoxy) is 1. The van der Waals surface area contributed by atoms with Crippen molar-refractivity contribution in [1.82, 2.24) is 4.57 Å². The maximum Gasteiger partial charge on any atom is 0.0741 e. The Morgan fingerprint density at radius 3 is 2.56 bits per heavy atom. The van der Waals surface area contributed by atoms with Crippen LogP contribution in [0.2, 0.25) is 5.02 Å².